The fourth-order valence-electron chi connectivity index (χ4n) is 3.39. The first-order valence-corrected chi connectivity index (χ1v) is 9.23. The van der Waals surface area contributed by atoms with Crippen LogP contribution in [-0.4, -0.2) is 14.6 Å². The van der Waals surface area contributed by atoms with Crippen molar-refractivity contribution in [1.82, 2.24) is 4.83 Å². The van der Waals surface area contributed by atoms with E-state index < -0.39 is 10.0 Å². The van der Waals surface area contributed by atoms with Crippen molar-refractivity contribution in [1.29, 1.82) is 0 Å². The summed E-state index contributed by atoms with van der Waals surface area (Å²) < 4.78 is 24.4. The van der Waals surface area contributed by atoms with E-state index in [1.54, 1.807) is 30.5 Å². The van der Waals surface area contributed by atoms with Gasteiger partial charge in [0.2, 0.25) is 0 Å². The molecule has 2 atom stereocenters. The minimum absolute atomic E-state index is 0.225. The zero-order valence-electron chi connectivity index (χ0n) is 12.8. The number of aryl methyl sites for hydroxylation is 1. The number of nitrogens with one attached hydrogen (secondary N) is 1. The second-order valence-corrected chi connectivity index (χ2v) is 8.02. The molecule has 5 heteroatoms. The summed E-state index contributed by atoms with van der Waals surface area (Å²) in [7, 11) is -3.61. The number of hydrogen-bond acceptors (Lipinski definition) is 3. The lowest BCUT2D eigenvalue weighted by molar-refractivity contribution is 0.584. The zero-order valence-corrected chi connectivity index (χ0v) is 13.6. The fraction of sp³-hybridized carbons (Fsp3) is 0.278. The van der Waals surface area contributed by atoms with Gasteiger partial charge in [-0.1, -0.05) is 48.1 Å². The molecule has 1 aromatic carbocycles. The minimum atomic E-state index is -3.61. The van der Waals surface area contributed by atoms with Crippen LogP contribution in [0.15, 0.2) is 70.2 Å². The monoisotopic (exact) mass is 326 g/mol. The van der Waals surface area contributed by atoms with Gasteiger partial charge in [0.25, 0.3) is 10.0 Å². The summed E-state index contributed by atoms with van der Waals surface area (Å²) >= 11 is 0. The highest BCUT2D eigenvalue weighted by molar-refractivity contribution is 7.89. The number of benzene rings is 1. The van der Waals surface area contributed by atoms with Crippen molar-refractivity contribution in [3.8, 4) is 0 Å². The van der Waals surface area contributed by atoms with Crippen molar-refractivity contribution in [3.63, 3.8) is 0 Å². The summed E-state index contributed by atoms with van der Waals surface area (Å²) in [6, 6.07) is 6.72. The molecule has 1 aromatic rings. The van der Waals surface area contributed by atoms with Crippen LogP contribution in [0, 0.1) is 30.6 Å². The summed E-state index contributed by atoms with van der Waals surface area (Å²) in [5, 5.41) is 3.99. The number of sulfonamides is 1. The molecule has 4 aliphatic carbocycles. The van der Waals surface area contributed by atoms with Crippen molar-refractivity contribution >= 4 is 16.2 Å². The van der Waals surface area contributed by atoms with Crippen LogP contribution in [0.2, 0.25) is 0 Å². The highest BCUT2D eigenvalue weighted by atomic mass is 32.2. The van der Waals surface area contributed by atoms with Crippen molar-refractivity contribution in [2.75, 3.05) is 0 Å². The molecule has 0 saturated heterocycles. The zero-order chi connectivity index (χ0) is 16.0. The van der Waals surface area contributed by atoms with Crippen LogP contribution in [0.4, 0.5) is 0 Å². The average Bonchev–Trinajstić information content (AvgIpc) is 3.26. The lowest BCUT2D eigenvalue weighted by Crippen LogP contribution is -2.18. The molecular formula is C18H18N2O2S. The molecule has 0 heterocycles. The quantitative estimate of drug-likeness (QED) is 0.525. The van der Waals surface area contributed by atoms with Gasteiger partial charge in [-0.3, -0.25) is 0 Å². The Morgan fingerprint density at radius 2 is 1.70 bits per heavy atom. The first-order chi connectivity index (χ1) is 11.0. The van der Waals surface area contributed by atoms with Crippen molar-refractivity contribution in [2.45, 2.75) is 11.8 Å². The Hall–Kier alpha value is -2.14. The van der Waals surface area contributed by atoms with E-state index in [1.165, 1.54) is 0 Å². The van der Waals surface area contributed by atoms with E-state index in [2.05, 4.69) is 40.3 Å². The third kappa shape index (κ3) is 2.65. The third-order valence-electron chi connectivity index (χ3n) is 4.73. The Morgan fingerprint density at radius 3 is 2.35 bits per heavy atom. The summed E-state index contributed by atoms with van der Waals surface area (Å²) in [5.41, 5.74) is 2.14. The minimum Gasteiger partial charge on any atom is -0.200 e. The maximum Gasteiger partial charge on any atom is 0.276 e. The molecule has 1 fully saturated rings. The molecule has 0 amide bonds. The molecule has 1 N–H and O–H groups in total. The third-order valence-corrected chi connectivity index (χ3v) is 5.97. The Bertz CT molecular complexity index is 828. The van der Waals surface area contributed by atoms with Gasteiger partial charge in [0, 0.05) is 5.92 Å². The van der Waals surface area contributed by atoms with Crippen LogP contribution in [0.3, 0.4) is 0 Å². The molecule has 2 unspecified atom stereocenters. The first-order valence-electron chi connectivity index (χ1n) is 7.74. The molecule has 4 bridgehead atoms. The Morgan fingerprint density at radius 1 is 1.04 bits per heavy atom. The molecule has 0 spiro atoms. The highest BCUT2D eigenvalue weighted by Crippen LogP contribution is 2.55. The van der Waals surface area contributed by atoms with Gasteiger partial charge in [-0.25, -0.2) is 4.83 Å². The van der Waals surface area contributed by atoms with Crippen molar-refractivity contribution in [2.24, 2.45) is 28.8 Å². The van der Waals surface area contributed by atoms with E-state index in [1.807, 2.05) is 6.92 Å². The summed E-state index contributed by atoms with van der Waals surface area (Å²) in [6.07, 6.45) is 12.8. The van der Waals surface area contributed by atoms with Crippen molar-refractivity contribution in [3.05, 3.63) is 65.8 Å². The Balaban J connectivity index is 1.49. The standard InChI is InChI=1S/C18H18N2O2S/c1-12-2-6-15(7-3-12)23(21,22)20-19-11-14-10-13-4-8-16-17(9-5-13)18(14)16/h2-11,13,16-18,20H,1H3. The molecule has 5 rings (SSSR count). The van der Waals surface area contributed by atoms with Gasteiger partial charge >= 0.3 is 0 Å². The molecule has 4 nitrogen and oxygen atoms in total. The second kappa shape index (κ2) is 5.20. The molecule has 1 saturated carbocycles. The Kier molecular flexibility index (Phi) is 3.27. The Labute approximate surface area is 136 Å². The number of nitrogens with zero attached hydrogens (tertiary/aromatic N) is 1. The largest absolute Gasteiger partial charge is 0.276 e. The second-order valence-electron chi connectivity index (χ2n) is 6.36. The predicted molar refractivity (Wildman–Crippen MR) is 90.3 cm³/mol. The van der Waals surface area contributed by atoms with Crippen LogP contribution in [0.5, 0.6) is 0 Å². The maximum absolute atomic E-state index is 12.2. The van der Waals surface area contributed by atoms with Gasteiger partial charge in [0.1, 0.15) is 0 Å². The van der Waals surface area contributed by atoms with Gasteiger partial charge in [-0.15, -0.1) is 0 Å². The lowest BCUT2D eigenvalue weighted by Gasteiger charge is -2.04. The molecular weight excluding hydrogens is 308 g/mol. The number of rotatable bonds is 4. The molecule has 23 heavy (non-hydrogen) atoms. The normalized spacial score (nSPS) is 30.9. The van der Waals surface area contributed by atoms with Crippen LogP contribution < -0.4 is 4.83 Å². The van der Waals surface area contributed by atoms with Crippen LogP contribution >= 0.6 is 0 Å². The maximum atomic E-state index is 12.2. The van der Waals surface area contributed by atoms with E-state index >= 15 is 0 Å². The molecule has 118 valence electrons. The van der Waals surface area contributed by atoms with Crippen molar-refractivity contribution < 1.29 is 8.42 Å². The predicted octanol–water partition coefficient (Wildman–Crippen LogP) is 2.80. The smallest absolute Gasteiger partial charge is 0.200 e. The van der Waals surface area contributed by atoms with Crippen LogP contribution in [0.25, 0.3) is 0 Å². The van der Waals surface area contributed by atoms with Gasteiger partial charge in [0.15, 0.2) is 0 Å². The summed E-state index contributed by atoms with van der Waals surface area (Å²) in [5.74, 6) is 1.84. The first kappa shape index (κ1) is 14.5. The summed E-state index contributed by atoms with van der Waals surface area (Å²) in [6.45, 7) is 1.92. The number of hydrogen-bond donors (Lipinski definition) is 1. The molecule has 0 aromatic heterocycles. The van der Waals surface area contributed by atoms with Gasteiger partial charge in [0.05, 0.1) is 11.1 Å². The van der Waals surface area contributed by atoms with E-state index in [9.17, 15) is 8.42 Å². The lowest BCUT2D eigenvalue weighted by atomic mass is 10.1. The van der Waals surface area contributed by atoms with Crippen LogP contribution in [0.1, 0.15) is 5.56 Å². The average molecular weight is 326 g/mol. The van der Waals surface area contributed by atoms with E-state index in [-0.39, 0.29) is 4.90 Å². The number of hydrazone groups is 1. The topological polar surface area (TPSA) is 58.5 Å². The van der Waals surface area contributed by atoms with Gasteiger partial charge in [-0.05, 0) is 42.4 Å². The highest BCUT2D eigenvalue weighted by Gasteiger charge is 2.50. The van der Waals surface area contributed by atoms with Crippen LogP contribution in [-0.2, 0) is 10.0 Å². The SMILES string of the molecule is Cc1ccc(S(=O)(=O)NN=CC2=CC3C=CC4C(C=C3)C24)cc1. The summed E-state index contributed by atoms with van der Waals surface area (Å²) in [4.78, 5) is 2.54. The molecule has 4 aliphatic rings. The fourth-order valence-corrected chi connectivity index (χ4v) is 4.18. The van der Waals surface area contributed by atoms with Gasteiger partial charge < -0.3 is 0 Å². The van der Waals surface area contributed by atoms with Gasteiger partial charge in [-0.2, -0.15) is 13.5 Å². The van der Waals surface area contributed by atoms with E-state index in [4.69, 9.17) is 0 Å². The van der Waals surface area contributed by atoms with E-state index in [0.29, 0.717) is 23.7 Å². The van der Waals surface area contributed by atoms with E-state index in [0.717, 1.165) is 11.1 Å². The number of allylic oxidation sites excluding steroid dienone is 6. The molecule has 0 aliphatic heterocycles. The molecule has 0 radical (unpaired) electrons.